The minimum Gasteiger partial charge on any atom is -0.406 e. The lowest BCUT2D eigenvalue weighted by atomic mass is 10.1. The van der Waals surface area contributed by atoms with E-state index in [4.69, 9.17) is 12.2 Å². The number of nitrogens with zero attached hydrogens (tertiary/aromatic N) is 5. The van der Waals surface area contributed by atoms with Crippen molar-refractivity contribution < 1.29 is 22.7 Å². The van der Waals surface area contributed by atoms with E-state index in [1.54, 1.807) is 4.90 Å². The number of rotatable bonds is 8. The summed E-state index contributed by atoms with van der Waals surface area (Å²) in [4.78, 5) is 23.2. The van der Waals surface area contributed by atoms with E-state index in [0.29, 0.717) is 34.1 Å². The van der Waals surface area contributed by atoms with Gasteiger partial charge in [0.2, 0.25) is 5.91 Å². The number of aliphatic imine (C=N–C) groups is 1. The zero-order valence-electron chi connectivity index (χ0n) is 23.3. The zero-order chi connectivity index (χ0) is 30.6. The molecular weight excluding hydrogens is 597 g/mol. The molecule has 222 valence electrons. The van der Waals surface area contributed by atoms with Crippen molar-refractivity contribution in [3.05, 3.63) is 89.7 Å². The molecule has 0 radical (unpaired) electrons. The van der Waals surface area contributed by atoms with E-state index in [2.05, 4.69) is 25.1 Å². The molecule has 1 N–H and O–H groups in total. The number of aromatic nitrogens is 3. The Hall–Kier alpha value is -4.23. The Morgan fingerprint density at radius 3 is 2.44 bits per heavy atom. The van der Waals surface area contributed by atoms with Gasteiger partial charge in [-0.05, 0) is 79.9 Å². The van der Waals surface area contributed by atoms with Crippen LogP contribution < -0.4 is 15.0 Å². The van der Waals surface area contributed by atoms with Gasteiger partial charge in [-0.3, -0.25) is 9.69 Å². The van der Waals surface area contributed by atoms with Crippen LogP contribution in [0.15, 0.2) is 78.0 Å². The van der Waals surface area contributed by atoms with Crippen molar-refractivity contribution in [1.82, 2.24) is 20.1 Å². The van der Waals surface area contributed by atoms with Crippen LogP contribution in [-0.4, -0.2) is 49.6 Å². The number of alkyl halides is 3. The molecule has 13 heteroatoms. The van der Waals surface area contributed by atoms with Gasteiger partial charge in [-0.25, -0.2) is 9.67 Å². The van der Waals surface area contributed by atoms with Gasteiger partial charge >= 0.3 is 6.36 Å². The van der Waals surface area contributed by atoms with E-state index in [1.807, 2.05) is 56.3 Å². The predicted octanol–water partition coefficient (Wildman–Crippen LogP) is 6.39. The number of amides is 1. The number of hydrogen-bond donors (Lipinski definition) is 1. The molecule has 0 aliphatic carbocycles. The maximum atomic E-state index is 12.6. The van der Waals surface area contributed by atoms with E-state index in [0.717, 1.165) is 40.8 Å². The lowest BCUT2D eigenvalue weighted by Crippen LogP contribution is -2.32. The molecule has 0 saturated carbocycles. The molecule has 1 aliphatic rings. The average molecular weight is 625 g/mol. The molecule has 43 heavy (non-hydrogen) atoms. The van der Waals surface area contributed by atoms with Crippen molar-refractivity contribution in [1.29, 1.82) is 0 Å². The van der Waals surface area contributed by atoms with Gasteiger partial charge in [0.05, 0.1) is 17.1 Å². The first-order valence-electron chi connectivity index (χ1n) is 13.3. The first-order valence-corrected chi connectivity index (χ1v) is 14.7. The number of thiocarbonyl (C=S) groups is 1. The predicted molar refractivity (Wildman–Crippen MR) is 166 cm³/mol. The first-order chi connectivity index (χ1) is 20.6. The number of anilines is 1. The summed E-state index contributed by atoms with van der Waals surface area (Å²) in [5.41, 5.74) is 5.36. The molecule has 2 heterocycles. The van der Waals surface area contributed by atoms with Crippen molar-refractivity contribution in [2.45, 2.75) is 33.1 Å². The molecule has 8 nitrogen and oxygen atoms in total. The number of carbonyl (C=O) groups is 1. The zero-order valence-corrected chi connectivity index (χ0v) is 24.9. The smallest absolute Gasteiger partial charge is 0.406 e. The second kappa shape index (κ2) is 13.0. The molecular formula is C30H27F3N6O2S2. The van der Waals surface area contributed by atoms with Gasteiger partial charge in [0.25, 0.3) is 0 Å². The van der Waals surface area contributed by atoms with Gasteiger partial charge in [0, 0.05) is 12.1 Å². The van der Waals surface area contributed by atoms with E-state index < -0.39 is 6.36 Å². The largest absolute Gasteiger partial charge is 0.573 e. The summed E-state index contributed by atoms with van der Waals surface area (Å²) >= 11 is 6.83. The van der Waals surface area contributed by atoms with Crippen LogP contribution >= 0.6 is 24.0 Å². The highest BCUT2D eigenvalue weighted by Crippen LogP contribution is 2.32. The number of halogens is 3. The van der Waals surface area contributed by atoms with Gasteiger partial charge in [-0.1, -0.05) is 54.2 Å². The molecule has 0 atom stereocenters. The third kappa shape index (κ3) is 7.59. The first kappa shape index (κ1) is 30.2. The summed E-state index contributed by atoms with van der Waals surface area (Å²) < 4.78 is 42.6. The number of para-hydroxylation sites is 1. The average Bonchev–Trinajstić information content (AvgIpc) is 3.59. The Morgan fingerprint density at radius 2 is 1.77 bits per heavy atom. The van der Waals surface area contributed by atoms with Crippen molar-refractivity contribution in [2.75, 3.05) is 17.2 Å². The number of benzene rings is 3. The minimum atomic E-state index is -4.74. The van der Waals surface area contributed by atoms with Gasteiger partial charge in [0.15, 0.2) is 16.1 Å². The van der Waals surface area contributed by atoms with E-state index in [1.165, 1.54) is 47.0 Å². The van der Waals surface area contributed by atoms with Gasteiger partial charge in [-0.2, -0.15) is 4.99 Å². The standard InChI is InChI=1S/C30H27F3N6O2S2/c1-19-5-3-6-20(2)26(19)39-25(40)17-43-29(39)36-28(42)34-16-4-7-21-8-10-22(11-9-21)27-35-18-38(37-27)23-12-14-24(15-13-23)41-30(31,32)33/h3,5-6,8-15,18H,4,7,16-17H2,1-2H3,(H,34,42)/b36-29-. The van der Waals surface area contributed by atoms with Crippen LogP contribution in [0.25, 0.3) is 17.1 Å². The molecule has 1 fully saturated rings. The Morgan fingerprint density at radius 1 is 1.07 bits per heavy atom. The fourth-order valence-corrected chi connectivity index (χ4v) is 5.68. The number of ether oxygens (including phenoxy) is 1. The monoisotopic (exact) mass is 624 g/mol. The highest BCUT2D eigenvalue weighted by molar-refractivity contribution is 8.15. The highest BCUT2D eigenvalue weighted by Gasteiger charge is 2.32. The minimum absolute atomic E-state index is 0.0111. The lowest BCUT2D eigenvalue weighted by molar-refractivity contribution is -0.274. The normalized spacial score (nSPS) is 14.4. The van der Waals surface area contributed by atoms with E-state index >= 15 is 0 Å². The third-order valence-electron chi connectivity index (χ3n) is 6.58. The molecule has 3 aromatic carbocycles. The number of amidine groups is 1. The fraction of sp³-hybridized carbons (Fsp3) is 0.233. The molecule has 4 aromatic rings. The molecule has 5 rings (SSSR count). The molecule has 1 aromatic heterocycles. The second-order valence-electron chi connectivity index (χ2n) is 9.74. The van der Waals surface area contributed by atoms with Gasteiger partial charge in [0.1, 0.15) is 12.1 Å². The molecule has 0 spiro atoms. The van der Waals surface area contributed by atoms with Crippen molar-refractivity contribution in [3.8, 4) is 22.8 Å². The van der Waals surface area contributed by atoms with Crippen LogP contribution in [0.3, 0.4) is 0 Å². The number of nitrogens with one attached hydrogen (secondary N) is 1. The van der Waals surface area contributed by atoms with E-state index in [-0.39, 0.29) is 11.7 Å². The Bertz CT molecular complexity index is 1630. The van der Waals surface area contributed by atoms with Crippen LogP contribution in [0.2, 0.25) is 0 Å². The summed E-state index contributed by atoms with van der Waals surface area (Å²) in [6, 6.07) is 19.2. The molecule has 1 saturated heterocycles. The van der Waals surface area contributed by atoms with Crippen molar-refractivity contribution in [3.63, 3.8) is 0 Å². The second-order valence-corrected chi connectivity index (χ2v) is 11.1. The Kier molecular flexibility index (Phi) is 9.11. The lowest BCUT2D eigenvalue weighted by Gasteiger charge is -2.21. The number of aryl methyl sites for hydroxylation is 3. The fourth-order valence-electron chi connectivity index (χ4n) is 4.58. The molecule has 1 aliphatic heterocycles. The van der Waals surface area contributed by atoms with Crippen LogP contribution in [0.5, 0.6) is 5.75 Å². The summed E-state index contributed by atoms with van der Waals surface area (Å²) in [6.45, 7) is 4.58. The number of thioether (sulfide) groups is 1. The Balaban J connectivity index is 1.12. The van der Waals surface area contributed by atoms with Crippen molar-refractivity contribution >= 4 is 45.9 Å². The quantitative estimate of drug-likeness (QED) is 0.180. The van der Waals surface area contributed by atoms with Crippen LogP contribution in [0.1, 0.15) is 23.1 Å². The molecule has 0 unspecified atom stereocenters. The van der Waals surface area contributed by atoms with Crippen LogP contribution in [0, 0.1) is 13.8 Å². The maximum absolute atomic E-state index is 12.6. The SMILES string of the molecule is Cc1cccc(C)c1N1C(=O)CS/C1=N\C(=S)NCCCc1ccc(-c2ncn(-c3ccc(OC(F)(F)F)cc3)n2)cc1. The maximum Gasteiger partial charge on any atom is 0.573 e. The summed E-state index contributed by atoms with van der Waals surface area (Å²) in [7, 11) is 0. The molecule has 0 bridgehead atoms. The molecule has 1 amide bonds. The summed E-state index contributed by atoms with van der Waals surface area (Å²) in [5, 5.41) is 8.54. The summed E-state index contributed by atoms with van der Waals surface area (Å²) in [5.74, 6) is 0.505. The topological polar surface area (TPSA) is 84.6 Å². The van der Waals surface area contributed by atoms with Crippen LogP contribution in [0.4, 0.5) is 18.9 Å². The van der Waals surface area contributed by atoms with Crippen molar-refractivity contribution in [2.24, 2.45) is 4.99 Å². The van der Waals surface area contributed by atoms with E-state index in [9.17, 15) is 18.0 Å². The van der Waals surface area contributed by atoms with Gasteiger partial charge < -0.3 is 10.1 Å². The third-order valence-corrected chi connectivity index (χ3v) is 7.74. The highest BCUT2D eigenvalue weighted by atomic mass is 32.2. The van der Waals surface area contributed by atoms with Gasteiger partial charge in [-0.15, -0.1) is 18.3 Å². The Labute approximate surface area is 256 Å². The number of hydrogen-bond acceptors (Lipinski definition) is 6. The number of carbonyl (C=O) groups excluding carboxylic acids is 1. The summed E-state index contributed by atoms with van der Waals surface area (Å²) in [6.07, 6.45) is -1.62. The van der Waals surface area contributed by atoms with Crippen LogP contribution in [-0.2, 0) is 11.2 Å².